The molecule has 1 unspecified atom stereocenters. The monoisotopic (exact) mass is 301 g/mol. The molecule has 21 heavy (non-hydrogen) atoms. The summed E-state index contributed by atoms with van der Waals surface area (Å²) >= 11 is 0. The molecule has 7 heteroatoms. The van der Waals surface area contributed by atoms with E-state index in [1.165, 1.54) is 0 Å². The largest absolute Gasteiger partial charge is 0.481 e. The third-order valence-electron chi connectivity index (χ3n) is 3.61. The van der Waals surface area contributed by atoms with Crippen LogP contribution in [0.3, 0.4) is 0 Å². The van der Waals surface area contributed by atoms with Gasteiger partial charge in [0.05, 0.1) is 11.5 Å². The topological polar surface area (TPSA) is 93.1 Å². The first-order valence-corrected chi connectivity index (χ1v) is 7.43. The molecule has 122 valence electrons. The molecule has 1 rings (SSSR count). The molecule has 0 aromatic heterocycles. The molecule has 1 saturated heterocycles. The van der Waals surface area contributed by atoms with Crippen molar-refractivity contribution in [3.05, 3.63) is 0 Å². The van der Waals surface area contributed by atoms with Crippen LogP contribution in [0, 0.1) is 5.92 Å². The number of hydrogen-bond acceptors (Lipinski definition) is 4. The quantitative estimate of drug-likeness (QED) is 0.651. The second-order valence-electron chi connectivity index (χ2n) is 6.21. The Bertz CT molecular complexity index is 360. The zero-order chi connectivity index (χ0) is 16.0. The number of carbonyl (C=O) groups is 2. The smallest absolute Gasteiger partial charge is 0.317 e. The highest BCUT2D eigenvalue weighted by molar-refractivity contribution is 5.76. The SMILES string of the molecule is CCC(CNC(=O)N1CCN(CC(C)(C)O)CC1)C(=O)O. The van der Waals surface area contributed by atoms with Crippen LogP contribution < -0.4 is 5.32 Å². The summed E-state index contributed by atoms with van der Waals surface area (Å²) in [5.74, 6) is -1.42. The maximum Gasteiger partial charge on any atom is 0.317 e. The van der Waals surface area contributed by atoms with E-state index in [2.05, 4.69) is 10.2 Å². The highest BCUT2D eigenvalue weighted by Gasteiger charge is 2.25. The maximum atomic E-state index is 12.0. The molecule has 0 aromatic carbocycles. The van der Waals surface area contributed by atoms with Crippen molar-refractivity contribution >= 4 is 12.0 Å². The third kappa shape index (κ3) is 6.31. The molecule has 0 bridgehead atoms. The molecule has 1 aliphatic heterocycles. The number of piperazine rings is 1. The van der Waals surface area contributed by atoms with E-state index in [1.54, 1.807) is 25.7 Å². The Morgan fingerprint density at radius 1 is 1.24 bits per heavy atom. The number of nitrogens with one attached hydrogen (secondary N) is 1. The van der Waals surface area contributed by atoms with Crippen LogP contribution >= 0.6 is 0 Å². The first kappa shape index (κ1) is 17.7. The summed E-state index contributed by atoms with van der Waals surface area (Å²) in [6.07, 6.45) is 0.495. The van der Waals surface area contributed by atoms with Gasteiger partial charge in [-0.1, -0.05) is 6.92 Å². The number of carboxylic acid groups (broad SMARTS) is 1. The summed E-state index contributed by atoms with van der Waals surface area (Å²) in [5, 5.41) is 21.4. The van der Waals surface area contributed by atoms with E-state index in [0.717, 1.165) is 0 Å². The van der Waals surface area contributed by atoms with E-state index in [-0.39, 0.29) is 12.6 Å². The summed E-state index contributed by atoms with van der Waals surface area (Å²) in [6, 6.07) is -0.211. The lowest BCUT2D eigenvalue weighted by atomic mass is 10.1. The van der Waals surface area contributed by atoms with Gasteiger partial charge in [0.1, 0.15) is 0 Å². The van der Waals surface area contributed by atoms with Crippen molar-refractivity contribution in [2.24, 2.45) is 5.92 Å². The van der Waals surface area contributed by atoms with Crippen LogP contribution in [-0.2, 0) is 4.79 Å². The van der Waals surface area contributed by atoms with E-state index >= 15 is 0 Å². The van der Waals surface area contributed by atoms with Crippen LogP contribution in [0.5, 0.6) is 0 Å². The number of rotatable bonds is 6. The Morgan fingerprint density at radius 2 is 1.81 bits per heavy atom. The van der Waals surface area contributed by atoms with Gasteiger partial charge in [-0.3, -0.25) is 9.69 Å². The van der Waals surface area contributed by atoms with Crippen LogP contribution in [0.1, 0.15) is 27.2 Å². The van der Waals surface area contributed by atoms with Gasteiger partial charge in [0.2, 0.25) is 0 Å². The highest BCUT2D eigenvalue weighted by Crippen LogP contribution is 2.09. The Labute approximate surface area is 125 Å². The fourth-order valence-corrected chi connectivity index (χ4v) is 2.38. The van der Waals surface area contributed by atoms with Gasteiger partial charge in [-0.05, 0) is 20.3 Å². The number of urea groups is 1. The summed E-state index contributed by atoms with van der Waals surface area (Å²) in [5.41, 5.74) is -0.736. The van der Waals surface area contributed by atoms with Gasteiger partial charge in [-0.25, -0.2) is 4.79 Å². The van der Waals surface area contributed by atoms with E-state index in [9.17, 15) is 14.7 Å². The molecular weight excluding hydrogens is 274 g/mol. The normalized spacial score (nSPS) is 18.4. The number of carbonyl (C=O) groups excluding carboxylic acids is 1. The number of β-amino-alcohol motifs (C(OH)–C–C–N with tert-alkyl or cyclic N) is 1. The van der Waals surface area contributed by atoms with Gasteiger partial charge >= 0.3 is 12.0 Å². The van der Waals surface area contributed by atoms with Crippen molar-refractivity contribution in [3.8, 4) is 0 Å². The van der Waals surface area contributed by atoms with E-state index < -0.39 is 17.5 Å². The lowest BCUT2D eigenvalue weighted by molar-refractivity contribution is -0.141. The van der Waals surface area contributed by atoms with Crippen molar-refractivity contribution < 1.29 is 19.8 Å². The molecule has 3 N–H and O–H groups in total. The molecule has 0 radical (unpaired) electrons. The van der Waals surface area contributed by atoms with Crippen LogP contribution in [0.25, 0.3) is 0 Å². The fraction of sp³-hybridized carbons (Fsp3) is 0.857. The molecule has 7 nitrogen and oxygen atoms in total. The molecule has 1 heterocycles. The van der Waals surface area contributed by atoms with Crippen LogP contribution in [0.15, 0.2) is 0 Å². The van der Waals surface area contributed by atoms with E-state index in [4.69, 9.17) is 5.11 Å². The summed E-state index contributed by atoms with van der Waals surface area (Å²) < 4.78 is 0. The average Bonchev–Trinajstić information content (AvgIpc) is 2.37. The molecule has 0 saturated carbocycles. The molecule has 0 aromatic rings. The predicted molar refractivity (Wildman–Crippen MR) is 79.1 cm³/mol. The maximum absolute atomic E-state index is 12.0. The molecule has 1 aliphatic rings. The van der Waals surface area contributed by atoms with Crippen molar-refractivity contribution in [2.45, 2.75) is 32.8 Å². The number of aliphatic hydroxyl groups is 1. The number of nitrogens with zero attached hydrogens (tertiary/aromatic N) is 2. The lowest BCUT2D eigenvalue weighted by Crippen LogP contribution is -2.54. The van der Waals surface area contributed by atoms with Crippen LogP contribution in [-0.4, -0.2) is 76.9 Å². The molecule has 1 atom stereocenters. The van der Waals surface area contributed by atoms with Crippen LogP contribution in [0.2, 0.25) is 0 Å². The Balaban J connectivity index is 2.33. The van der Waals surface area contributed by atoms with Gasteiger partial charge in [0, 0.05) is 39.3 Å². The van der Waals surface area contributed by atoms with Gasteiger partial charge in [-0.2, -0.15) is 0 Å². The van der Waals surface area contributed by atoms with Gasteiger partial charge < -0.3 is 20.4 Å². The van der Waals surface area contributed by atoms with Crippen molar-refractivity contribution in [2.75, 3.05) is 39.3 Å². The Kier molecular flexibility index (Phi) is 6.42. The lowest BCUT2D eigenvalue weighted by Gasteiger charge is -2.37. The Hall–Kier alpha value is -1.34. The molecule has 0 spiro atoms. The summed E-state index contributed by atoms with van der Waals surface area (Å²) in [6.45, 7) is 8.68. The minimum Gasteiger partial charge on any atom is -0.481 e. The first-order valence-electron chi connectivity index (χ1n) is 7.43. The molecular formula is C14H27N3O4. The zero-order valence-corrected chi connectivity index (χ0v) is 13.1. The molecule has 1 fully saturated rings. The summed E-state index contributed by atoms with van der Waals surface area (Å²) in [4.78, 5) is 26.7. The van der Waals surface area contributed by atoms with Gasteiger partial charge in [0.25, 0.3) is 0 Å². The van der Waals surface area contributed by atoms with Gasteiger partial charge in [0.15, 0.2) is 0 Å². The van der Waals surface area contributed by atoms with Crippen molar-refractivity contribution in [1.82, 2.24) is 15.1 Å². The van der Waals surface area contributed by atoms with Crippen molar-refractivity contribution in [3.63, 3.8) is 0 Å². The minimum atomic E-state index is -0.882. The highest BCUT2D eigenvalue weighted by atomic mass is 16.4. The van der Waals surface area contributed by atoms with Crippen molar-refractivity contribution in [1.29, 1.82) is 0 Å². The molecule has 0 aliphatic carbocycles. The molecule has 2 amide bonds. The second-order valence-corrected chi connectivity index (χ2v) is 6.21. The Morgan fingerprint density at radius 3 is 2.24 bits per heavy atom. The van der Waals surface area contributed by atoms with E-state index in [1.807, 2.05) is 0 Å². The third-order valence-corrected chi connectivity index (χ3v) is 3.61. The standard InChI is InChI=1S/C14H27N3O4/c1-4-11(12(18)19)9-15-13(20)17-7-5-16(6-8-17)10-14(2,3)21/h11,21H,4-10H2,1-3H3,(H,15,20)(H,18,19). The average molecular weight is 301 g/mol. The fourth-order valence-electron chi connectivity index (χ4n) is 2.38. The first-order chi connectivity index (χ1) is 9.73. The predicted octanol–water partition coefficient (Wildman–Crippen LogP) is 0.195. The van der Waals surface area contributed by atoms with Crippen LogP contribution in [0.4, 0.5) is 4.79 Å². The number of hydrogen-bond donors (Lipinski definition) is 3. The number of amides is 2. The second kappa shape index (κ2) is 7.61. The van der Waals surface area contributed by atoms with Gasteiger partial charge in [-0.15, -0.1) is 0 Å². The van der Waals surface area contributed by atoms with E-state index in [0.29, 0.717) is 39.1 Å². The minimum absolute atomic E-state index is 0.161. The number of aliphatic carboxylic acids is 1. The summed E-state index contributed by atoms with van der Waals surface area (Å²) in [7, 11) is 0. The zero-order valence-electron chi connectivity index (χ0n) is 13.1. The number of carboxylic acids is 1.